The zero-order chi connectivity index (χ0) is 10.1. The molecule has 0 radical (unpaired) electrons. The predicted octanol–water partition coefficient (Wildman–Crippen LogP) is 0.834. The summed E-state index contributed by atoms with van der Waals surface area (Å²) in [4.78, 5) is 10.8. The Morgan fingerprint density at radius 1 is 1.50 bits per heavy atom. The summed E-state index contributed by atoms with van der Waals surface area (Å²) in [6.07, 6.45) is 0. The van der Waals surface area contributed by atoms with E-state index in [2.05, 4.69) is 0 Å². The van der Waals surface area contributed by atoms with E-state index in [0.29, 0.717) is 23.6 Å². The van der Waals surface area contributed by atoms with E-state index in [-0.39, 0.29) is 12.4 Å². The molecule has 1 aromatic carbocycles. The molecule has 3 N–H and O–H groups in total. The molecule has 0 aliphatic carbocycles. The van der Waals surface area contributed by atoms with Gasteiger partial charge in [0.15, 0.2) is 6.79 Å². The average Bonchev–Trinajstić information content (AvgIpc) is 2.16. The van der Waals surface area contributed by atoms with Crippen molar-refractivity contribution in [1.82, 2.24) is 0 Å². The number of aromatic carboxylic acids is 1. The maximum absolute atomic E-state index is 10.8. The quantitative estimate of drug-likeness (QED) is 0.648. The average molecular weight is 195 g/mol. The number of fused-ring (bicyclic) bond motifs is 1. The van der Waals surface area contributed by atoms with Gasteiger partial charge in [-0.2, -0.15) is 0 Å². The van der Waals surface area contributed by atoms with Gasteiger partial charge in [0.25, 0.3) is 0 Å². The van der Waals surface area contributed by atoms with Crippen molar-refractivity contribution in [2.45, 2.75) is 6.61 Å². The lowest BCUT2D eigenvalue weighted by molar-refractivity contribution is -0.0171. The van der Waals surface area contributed by atoms with Gasteiger partial charge in [-0.25, -0.2) is 4.79 Å². The molecule has 0 atom stereocenters. The van der Waals surface area contributed by atoms with E-state index in [1.807, 2.05) is 0 Å². The zero-order valence-corrected chi connectivity index (χ0v) is 7.32. The first kappa shape index (κ1) is 8.83. The minimum atomic E-state index is -1.05. The van der Waals surface area contributed by atoms with Crippen LogP contribution in [-0.4, -0.2) is 17.9 Å². The van der Waals surface area contributed by atoms with Gasteiger partial charge in [-0.15, -0.1) is 0 Å². The number of anilines is 1. The molecule has 2 rings (SSSR count). The molecule has 0 amide bonds. The van der Waals surface area contributed by atoms with E-state index < -0.39 is 5.97 Å². The summed E-state index contributed by atoms with van der Waals surface area (Å²) in [6.45, 7) is 0.415. The number of hydrogen-bond acceptors (Lipinski definition) is 4. The van der Waals surface area contributed by atoms with Gasteiger partial charge in [-0.1, -0.05) is 0 Å². The molecular weight excluding hydrogens is 186 g/mol. The van der Waals surface area contributed by atoms with Crippen LogP contribution in [-0.2, 0) is 11.3 Å². The first-order chi connectivity index (χ1) is 6.68. The smallest absolute Gasteiger partial charge is 0.339 e. The fraction of sp³-hybridized carbons (Fsp3) is 0.222. The molecule has 0 fully saturated rings. The van der Waals surface area contributed by atoms with E-state index in [4.69, 9.17) is 20.3 Å². The van der Waals surface area contributed by atoms with Crippen LogP contribution >= 0.6 is 0 Å². The van der Waals surface area contributed by atoms with Gasteiger partial charge in [-0.05, 0) is 12.1 Å². The Labute approximate surface area is 80.0 Å². The molecule has 5 nitrogen and oxygen atoms in total. The normalized spacial score (nSPS) is 14.3. The molecule has 0 saturated carbocycles. The summed E-state index contributed by atoms with van der Waals surface area (Å²) in [7, 11) is 0. The van der Waals surface area contributed by atoms with Crippen LogP contribution in [0.1, 0.15) is 15.9 Å². The number of hydrogen-bond donors (Lipinski definition) is 2. The predicted molar refractivity (Wildman–Crippen MR) is 48.1 cm³/mol. The van der Waals surface area contributed by atoms with Crippen molar-refractivity contribution in [3.05, 3.63) is 23.3 Å². The first-order valence-electron chi connectivity index (χ1n) is 4.04. The van der Waals surface area contributed by atoms with Gasteiger partial charge in [0.2, 0.25) is 0 Å². The molecule has 0 unspecified atom stereocenters. The Kier molecular flexibility index (Phi) is 2.01. The summed E-state index contributed by atoms with van der Waals surface area (Å²) in [5.74, 6) is -0.687. The SMILES string of the molecule is Nc1cc2c(c(C(=O)O)c1)OCOC2. The van der Waals surface area contributed by atoms with Gasteiger partial charge >= 0.3 is 5.97 Å². The van der Waals surface area contributed by atoms with E-state index in [1.165, 1.54) is 6.07 Å². The monoisotopic (exact) mass is 195 g/mol. The number of benzene rings is 1. The van der Waals surface area contributed by atoms with Crippen LogP contribution < -0.4 is 10.5 Å². The highest BCUT2D eigenvalue weighted by Gasteiger charge is 2.19. The summed E-state index contributed by atoms with van der Waals surface area (Å²) in [5.41, 5.74) is 6.71. The second-order valence-electron chi connectivity index (χ2n) is 2.97. The molecule has 5 heteroatoms. The Morgan fingerprint density at radius 3 is 3.00 bits per heavy atom. The summed E-state index contributed by atoms with van der Waals surface area (Å²) < 4.78 is 10.1. The fourth-order valence-corrected chi connectivity index (χ4v) is 1.40. The van der Waals surface area contributed by atoms with Crippen LogP contribution in [0.3, 0.4) is 0 Å². The van der Waals surface area contributed by atoms with Crippen molar-refractivity contribution < 1.29 is 19.4 Å². The maximum Gasteiger partial charge on any atom is 0.339 e. The second kappa shape index (κ2) is 3.19. The maximum atomic E-state index is 10.8. The van der Waals surface area contributed by atoms with Crippen LogP contribution in [0, 0.1) is 0 Å². The number of carboxylic acids is 1. The molecule has 0 saturated heterocycles. The van der Waals surface area contributed by atoms with E-state index in [1.54, 1.807) is 6.07 Å². The molecule has 1 aromatic rings. The molecular formula is C9H9NO4. The highest BCUT2D eigenvalue weighted by Crippen LogP contribution is 2.30. The van der Waals surface area contributed by atoms with E-state index >= 15 is 0 Å². The highest BCUT2D eigenvalue weighted by molar-refractivity contribution is 5.92. The third kappa shape index (κ3) is 1.38. The minimum Gasteiger partial charge on any atom is -0.478 e. The molecule has 0 spiro atoms. The van der Waals surface area contributed by atoms with Crippen molar-refractivity contribution in [2.75, 3.05) is 12.5 Å². The van der Waals surface area contributed by atoms with Gasteiger partial charge in [-0.3, -0.25) is 0 Å². The van der Waals surface area contributed by atoms with Crippen LogP contribution in [0.5, 0.6) is 5.75 Å². The molecule has 74 valence electrons. The van der Waals surface area contributed by atoms with Crippen molar-refractivity contribution in [3.8, 4) is 5.75 Å². The Balaban J connectivity index is 2.58. The summed E-state index contributed by atoms with van der Waals surface area (Å²) in [6, 6.07) is 3.04. The number of nitrogens with two attached hydrogens (primary N) is 1. The lowest BCUT2D eigenvalue weighted by Gasteiger charge is -2.19. The third-order valence-corrected chi connectivity index (χ3v) is 1.96. The lowest BCUT2D eigenvalue weighted by Crippen LogP contribution is -2.15. The standard InChI is InChI=1S/C9H9NO4/c10-6-1-5-3-13-4-14-8(5)7(2-6)9(11)12/h1-2H,3-4,10H2,(H,11,12). The Morgan fingerprint density at radius 2 is 2.29 bits per heavy atom. The van der Waals surface area contributed by atoms with Crippen molar-refractivity contribution >= 4 is 11.7 Å². The van der Waals surface area contributed by atoms with Crippen molar-refractivity contribution in [2.24, 2.45) is 0 Å². The number of nitrogen functional groups attached to an aromatic ring is 1. The number of carbonyl (C=O) groups is 1. The van der Waals surface area contributed by atoms with Crippen LogP contribution in [0.25, 0.3) is 0 Å². The molecule has 0 aromatic heterocycles. The summed E-state index contributed by atoms with van der Waals surface area (Å²) >= 11 is 0. The minimum absolute atomic E-state index is 0.0806. The van der Waals surface area contributed by atoms with E-state index in [0.717, 1.165) is 0 Å². The third-order valence-electron chi connectivity index (χ3n) is 1.96. The first-order valence-corrected chi connectivity index (χ1v) is 4.04. The number of ether oxygens (including phenoxy) is 2. The topological polar surface area (TPSA) is 81.8 Å². The van der Waals surface area contributed by atoms with Crippen LogP contribution in [0.2, 0.25) is 0 Å². The Bertz CT molecular complexity index is 389. The molecule has 1 aliphatic heterocycles. The van der Waals surface area contributed by atoms with Crippen LogP contribution in [0.15, 0.2) is 12.1 Å². The van der Waals surface area contributed by atoms with Crippen molar-refractivity contribution in [3.63, 3.8) is 0 Å². The van der Waals surface area contributed by atoms with Gasteiger partial charge in [0.1, 0.15) is 11.3 Å². The molecule has 1 heterocycles. The van der Waals surface area contributed by atoms with E-state index in [9.17, 15) is 4.79 Å². The fourth-order valence-electron chi connectivity index (χ4n) is 1.40. The highest BCUT2D eigenvalue weighted by atomic mass is 16.7. The number of carboxylic acid groups (broad SMARTS) is 1. The summed E-state index contributed by atoms with van der Waals surface area (Å²) in [5, 5.41) is 8.89. The van der Waals surface area contributed by atoms with Crippen molar-refractivity contribution in [1.29, 1.82) is 0 Å². The zero-order valence-electron chi connectivity index (χ0n) is 7.32. The Hall–Kier alpha value is -1.75. The second-order valence-corrected chi connectivity index (χ2v) is 2.97. The molecule has 1 aliphatic rings. The number of rotatable bonds is 1. The largest absolute Gasteiger partial charge is 0.478 e. The molecule has 0 bridgehead atoms. The lowest BCUT2D eigenvalue weighted by atomic mass is 10.1. The van der Waals surface area contributed by atoms with Gasteiger partial charge in [0, 0.05) is 11.3 Å². The van der Waals surface area contributed by atoms with Gasteiger partial charge in [0.05, 0.1) is 6.61 Å². The van der Waals surface area contributed by atoms with Crippen LogP contribution in [0.4, 0.5) is 5.69 Å². The van der Waals surface area contributed by atoms with Gasteiger partial charge < -0.3 is 20.3 Å². The molecule has 14 heavy (non-hydrogen) atoms.